The van der Waals surface area contributed by atoms with E-state index >= 15 is 0 Å². The van der Waals surface area contributed by atoms with Gasteiger partial charge < -0.3 is 30.1 Å². The minimum absolute atomic E-state index is 0.371. The maximum absolute atomic E-state index is 10.9. The predicted octanol–water partition coefficient (Wildman–Crippen LogP) is -2.42. The van der Waals surface area contributed by atoms with Crippen LogP contribution in [0.4, 0.5) is 0 Å². The normalized spacial score (nSPS) is 39.4. The van der Waals surface area contributed by atoms with Gasteiger partial charge in [-0.1, -0.05) is 0 Å². The standard InChI is InChI=1S/C9H17NO6/c1-4(12)10-6-8(14)7(13)5(3-11)16-9(6)15-2/h5-9,11,13-14H,3H2,1-2H3,(H,10,12)/t5-,6-,7+,8+,9+/m1/s1/i1+1,4+1,9+1,10+1. The molecule has 1 fully saturated rings. The zero-order chi connectivity index (χ0) is 12.3. The molecule has 4 N–H and O–H groups in total. The average molecular weight is 239 g/mol. The number of aliphatic hydroxyl groups excluding tert-OH is 3. The van der Waals surface area contributed by atoms with Gasteiger partial charge in [0, 0.05) is 14.0 Å². The van der Waals surface area contributed by atoms with Gasteiger partial charge >= 0.3 is 0 Å². The molecule has 94 valence electrons. The first-order valence-corrected chi connectivity index (χ1v) is 4.93. The molecule has 1 aliphatic rings. The topological polar surface area (TPSA) is 108 Å². The molecule has 5 atom stereocenters. The zero-order valence-corrected chi connectivity index (χ0v) is 9.16. The number of carbonyl (C=O) groups is 1. The summed E-state index contributed by atoms with van der Waals surface area (Å²) in [6.07, 6.45) is -4.35. The smallest absolute Gasteiger partial charge is 0.217 e. The monoisotopic (exact) mass is 239 g/mol. The molecule has 1 saturated heterocycles. The molecule has 0 aromatic carbocycles. The summed E-state index contributed by atoms with van der Waals surface area (Å²) in [7, 11) is 1.35. The quantitative estimate of drug-likeness (QED) is 0.322. The minimum Gasteiger partial charge on any atom is -0.394 e. The number of rotatable bonds is 3. The first kappa shape index (κ1) is 13.3. The van der Waals surface area contributed by atoms with E-state index in [-0.39, 0.29) is 5.91 Å². The Morgan fingerprint density at radius 1 is 1.44 bits per heavy atom. The van der Waals surface area contributed by atoms with E-state index in [9.17, 15) is 15.0 Å². The number of hydrogen-bond donors (Lipinski definition) is 4. The highest BCUT2D eigenvalue weighted by atomic mass is 16.8. The van der Waals surface area contributed by atoms with Crippen molar-refractivity contribution in [1.82, 2.24) is 5.32 Å². The van der Waals surface area contributed by atoms with E-state index in [1.165, 1.54) is 14.0 Å². The molecule has 0 radical (unpaired) electrons. The molecular weight excluding hydrogens is 222 g/mol. The summed E-state index contributed by atoms with van der Waals surface area (Å²) in [6, 6.07) is -0.861. The number of aliphatic hydroxyl groups is 3. The summed E-state index contributed by atoms with van der Waals surface area (Å²) >= 11 is 0. The van der Waals surface area contributed by atoms with Gasteiger partial charge in [0.2, 0.25) is 5.91 Å². The summed E-state index contributed by atoms with van der Waals surface area (Å²) in [5.74, 6) is -0.371. The molecule has 7 heteroatoms. The van der Waals surface area contributed by atoms with E-state index in [1.54, 1.807) is 0 Å². The van der Waals surface area contributed by atoms with Crippen molar-refractivity contribution in [1.29, 1.82) is 0 Å². The first-order valence-electron chi connectivity index (χ1n) is 4.93. The van der Waals surface area contributed by atoms with Crippen LogP contribution in [0.15, 0.2) is 0 Å². The highest BCUT2D eigenvalue weighted by molar-refractivity contribution is 5.73. The molecule has 1 rings (SSSR count). The Morgan fingerprint density at radius 3 is 2.50 bits per heavy atom. The summed E-state index contributed by atoms with van der Waals surface area (Å²) in [5.41, 5.74) is 0. The zero-order valence-electron chi connectivity index (χ0n) is 9.16. The van der Waals surface area contributed by atoms with Crippen LogP contribution < -0.4 is 5.32 Å². The summed E-state index contributed by atoms with van der Waals surface area (Å²) in [4.78, 5) is 10.9. The van der Waals surface area contributed by atoms with Crippen LogP contribution in [0, 0.1) is 0 Å². The Balaban J connectivity index is 2.77. The van der Waals surface area contributed by atoms with Gasteiger partial charge in [0.1, 0.15) is 24.4 Å². The molecule has 0 spiro atoms. The van der Waals surface area contributed by atoms with Crippen molar-refractivity contribution >= 4 is 5.91 Å². The van der Waals surface area contributed by atoms with Gasteiger partial charge in [0.05, 0.1) is 6.61 Å². The third-order valence-corrected chi connectivity index (χ3v) is 2.48. The third-order valence-electron chi connectivity index (χ3n) is 2.48. The number of methoxy groups -OCH3 is 1. The van der Waals surface area contributed by atoms with Crippen molar-refractivity contribution < 1.29 is 29.6 Å². The summed E-state index contributed by atoms with van der Waals surface area (Å²) < 4.78 is 10.1. The largest absolute Gasteiger partial charge is 0.394 e. The van der Waals surface area contributed by atoms with Crippen molar-refractivity contribution in [2.75, 3.05) is 13.7 Å². The molecule has 1 aliphatic heterocycles. The van der Waals surface area contributed by atoms with Crippen molar-refractivity contribution in [2.24, 2.45) is 0 Å². The molecule has 0 aromatic heterocycles. The molecule has 0 saturated carbocycles. The average Bonchev–Trinajstić information content (AvgIpc) is 2.25. The highest BCUT2D eigenvalue weighted by Crippen LogP contribution is 2.21. The van der Waals surface area contributed by atoms with E-state index < -0.39 is 37.3 Å². The van der Waals surface area contributed by atoms with Crippen LogP contribution >= 0.6 is 0 Å². The van der Waals surface area contributed by atoms with Crippen LogP contribution in [0.5, 0.6) is 0 Å². The van der Waals surface area contributed by atoms with Crippen LogP contribution in [0.1, 0.15) is 6.92 Å². The number of amides is 1. The van der Waals surface area contributed by atoms with Crippen molar-refractivity contribution in [3.63, 3.8) is 0 Å². The van der Waals surface area contributed by atoms with Gasteiger partial charge in [-0.25, -0.2) is 0 Å². The van der Waals surface area contributed by atoms with Crippen molar-refractivity contribution in [3.8, 4) is 0 Å². The highest BCUT2D eigenvalue weighted by Gasteiger charge is 2.44. The molecule has 0 bridgehead atoms. The van der Waals surface area contributed by atoms with Crippen LogP contribution in [0.3, 0.4) is 0 Å². The fraction of sp³-hybridized carbons (Fsp3) is 0.889. The molecular formula is C9H17NO6. The van der Waals surface area contributed by atoms with Crippen LogP contribution in [-0.2, 0) is 14.3 Å². The van der Waals surface area contributed by atoms with Crippen LogP contribution in [-0.4, -0.2) is 65.6 Å². The van der Waals surface area contributed by atoms with Crippen LogP contribution in [0.2, 0.25) is 0 Å². The lowest BCUT2D eigenvalue weighted by Crippen LogP contribution is -2.64. The van der Waals surface area contributed by atoms with E-state index in [0.717, 1.165) is 0 Å². The fourth-order valence-electron chi connectivity index (χ4n) is 1.67. The summed E-state index contributed by atoms with van der Waals surface area (Å²) in [5, 5.41) is 30.7. The van der Waals surface area contributed by atoms with Gasteiger partial charge in [-0.2, -0.15) is 0 Å². The SMILES string of the molecule is CO[13C@H]1O[C@H](CO)[C@H](O)[C@@H](O)[C@H]1[15NH][13C]([13CH3])=O. The second kappa shape index (κ2) is 5.55. The number of carbonyl (C=O) groups excluding carboxylic acids is 1. The fourth-order valence-corrected chi connectivity index (χ4v) is 1.67. The van der Waals surface area contributed by atoms with E-state index in [2.05, 4.69) is 5.32 Å². The van der Waals surface area contributed by atoms with Gasteiger partial charge in [0.25, 0.3) is 0 Å². The second-order valence-corrected chi connectivity index (χ2v) is 3.67. The molecule has 0 aliphatic carbocycles. The number of hydrogen-bond acceptors (Lipinski definition) is 6. The molecule has 0 unspecified atom stereocenters. The number of ether oxygens (including phenoxy) is 2. The number of nitrogens with one attached hydrogen (secondary N) is 1. The molecule has 7 nitrogen and oxygen atoms in total. The predicted molar refractivity (Wildman–Crippen MR) is 52.4 cm³/mol. The molecule has 1 heterocycles. The molecule has 1 amide bonds. The Morgan fingerprint density at radius 2 is 2.06 bits per heavy atom. The molecule has 16 heavy (non-hydrogen) atoms. The van der Waals surface area contributed by atoms with Gasteiger partial charge in [-0.15, -0.1) is 0 Å². The van der Waals surface area contributed by atoms with Gasteiger partial charge in [-0.3, -0.25) is 4.79 Å². The van der Waals surface area contributed by atoms with Crippen LogP contribution in [0.25, 0.3) is 0 Å². The molecule has 0 aromatic rings. The third kappa shape index (κ3) is 2.69. The van der Waals surface area contributed by atoms with E-state index in [4.69, 9.17) is 14.6 Å². The minimum atomic E-state index is -1.27. The van der Waals surface area contributed by atoms with E-state index in [0.29, 0.717) is 0 Å². The van der Waals surface area contributed by atoms with E-state index in [1.807, 2.05) is 0 Å². The van der Waals surface area contributed by atoms with Gasteiger partial charge in [-0.05, 0) is 0 Å². The van der Waals surface area contributed by atoms with Crippen molar-refractivity contribution in [3.05, 3.63) is 0 Å². The lowest BCUT2D eigenvalue weighted by molar-refractivity contribution is -0.262. The maximum Gasteiger partial charge on any atom is 0.217 e. The lowest BCUT2D eigenvalue weighted by atomic mass is 10.0. The Labute approximate surface area is 93.0 Å². The Bertz CT molecular complexity index is 246. The maximum atomic E-state index is 10.9. The summed E-state index contributed by atoms with van der Waals surface area (Å²) in [6.45, 7) is 0.842. The van der Waals surface area contributed by atoms with Crippen molar-refractivity contribution in [2.45, 2.75) is 37.6 Å². The Hall–Kier alpha value is -0.730. The first-order chi connectivity index (χ1) is 7.51. The lowest BCUT2D eigenvalue weighted by Gasteiger charge is -2.41. The second-order valence-electron chi connectivity index (χ2n) is 3.67. The Kier molecular flexibility index (Phi) is 4.63. The van der Waals surface area contributed by atoms with Gasteiger partial charge in [0.15, 0.2) is 6.29 Å².